The first-order valence-corrected chi connectivity index (χ1v) is 4.86. The summed E-state index contributed by atoms with van der Waals surface area (Å²) >= 11 is 0. The molecule has 0 fully saturated rings. The van der Waals surface area contributed by atoms with E-state index in [0.717, 1.165) is 17.1 Å². The van der Waals surface area contributed by atoms with Crippen molar-refractivity contribution in [3.05, 3.63) is 24.3 Å². The molecule has 2 heterocycles. The zero-order valence-electron chi connectivity index (χ0n) is 9.05. The minimum Gasteiger partial charge on any atom is -0.257 e. The molecule has 15 heavy (non-hydrogen) atoms. The largest absolute Gasteiger partial charge is 0.257 e. The molecule has 0 radical (unpaired) electrons. The van der Waals surface area contributed by atoms with Crippen LogP contribution in [0.4, 0.5) is 0 Å². The van der Waals surface area contributed by atoms with Gasteiger partial charge in [-0.25, -0.2) is 0 Å². The number of hydrogen-bond acceptors (Lipinski definition) is 4. The molecule has 0 N–H and O–H groups in total. The van der Waals surface area contributed by atoms with Gasteiger partial charge in [0.25, 0.3) is 0 Å². The summed E-state index contributed by atoms with van der Waals surface area (Å²) in [5.41, 5.74) is 2.55. The summed E-state index contributed by atoms with van der Waals surface area (Å²) in [5, 5.41) is 7.93. The molecule has 0 aliphatic carbocycles. The molecule has 0 amide bonds. The molecule has 0 aliphatic heterocycles. The summed E-state index contributed by atoms with van der Waals surface area (Å²) in [7, 11) is 1.84. The highest BCUT2D eigenvalue weighted by molar-refractivity contribution is 5.55. The second kappa shape index (κ2) is 3.76. The van der Waals surface area contributed by atoms with Gasteiger partial charge in [-0.2, -0.15) is 0 Å². The third-order valence-corrected chi connectivity index (χ3v) is 2.12. The maximum atomic E-state index is 4.32. The zero-order chi connectivity index (χ0) is 10.8. The molecule has 0 aromatic carbocycles. The molecular weight excluding hydrogens is 190 g/mol. The average Bonchev–Trinajstić information content (AvgIpc) is 2.65. The number of nitrogens with zero attached hydrogens (tertiary/aromatic N) is 5. The standard InChI is InChI=1S/C10H13N5/c1-7(2)9-10(12-5-4-11-9)8-6-15(3)14-13-8/h4-7H,1-3H3. The Morgan fingerprint density at radius 3 is 2.53 bits per heavy atom. The molecule has 2 aromatic rings. The van der Waals surface area contributed by atoms with Gasteiger partial charge in [-0.3, -0.25) is 14.6 Å². The highest BCUT2D eigenvalue weighted by Gasteiger charge is 2.13. The Hall–Kier alpha value is -1.78. The molecule has 0 bridgehead atoms. The van der Waals surface area contributed by atoms with Crippen LogP contribution in [0.3, 0.4) is 0 Å². The monoisotopic (exact) mass is 203 g/mol. The van der Waals surface area contributed by atoms with Gasteiger partial charge in [-0.05, 0) is 5.92 Å². The highest BCUT2D eigenvalue weighted by atomic mass is 15.4. The van der Waals surface area contributed by atoms with E-state index in [2.05, 4.69) is 34.1 Å². The third kappa shape index (κ3) is 1.86. The van der Waals surface area contributed by atoms with Crippen LogP contribution >= 0.6 is 0 Å². The summed E-state index contributed by atoms with van der Waals surface area (Å²) in [5.74, 6) is 0.329. The molecular formula is C10H13N5. The van der Waals surface area contributed by atoms with Crippen LogP contribution in [0.2, 0.25) is 0 Å². The van der Waals surface area contributed by atoms with Crippen molar-refractivity contribution in [2.24, 2.45) is 7.05 Å². The van der Waals surface area contributed by atoms with E-state index in [0.29, 0.717) is 5.92 Å². The number of hydrogen-bond donors (Lipinski definition) is 0. The molecule has 5 nitrogen and oxygen atoms in total. The van der Waals surface area contributed by atoms with E-state index in [4.69, 9.17) is 0 Å². The first-order chi connectivity index (χ1) is 7.18. The number of aryl methyl sites for hydroxylation is 1. The van der Waals surface area contributed by atoms with Gasteiger partial charge in [0.1, 0.15) is 11.4 Å². The predicted molar refractivity (Wildman–Crippen MR) is 56.1 cm³/mol. The Balaban J connectivity index is 2.52. The second-order valence-corrected chi connectivity index (χ2v) is 3.72. The van der Waals surface area contributed by atoms with Crippen LogP contribution in [0.15, 0.2) is 18.6 Å². The minimum absolute atomic E-state index is 0.329. The van der Waals surface area contributed by atoms with Gasteiger partial charge in [0.15, 0.2) is 0 Å². The first-order valence-electron chi connectivity index (χ1n) is 4.86. The third-order valence-electron chi connectivity index (χ3n) is 2.12. The molecule has 0 saturated carbocycles. The topological polar surface area (TPSA) is 56.5 Å². The first kappa shape index (κ1) is 9.76. The number of rotatable bonds is 2. The quantitative estimate of drug-likeness (QED) is 0.740. The summed E-state index contributed by atoms with van der Waals surface area (Å²) in [6.07, 6.45) is 5.22. The predicted octanol–water partition coefficient (Wildman–Crippen LogP) is 1.40. The average molecular weight is 203 g/mol. The van der Waals surface area contributed by atoms with Crippen LogP contribution in [0, 0.1) is 0 Å². The van der Waals surface area contributed by atoms with Crippen LogP contribution in [0.1, 0.15) is 25.5 Å². The van der Waals surface area contributed by atoms with Gasteiger partial charge in [-0.15, -0.1) is 5.10 Å². The fourth-order valence-electron chi connectivity index (χ4n) is 1.42. The van der Waals surface area contributed by atoms with Crippen molar-refractivity contribution in [1.29, 1.82) is 0 Å². The van der Waals surface area contributed by atoms with Crippen LogP contribution < -0.4 is 0 Å². The Bertz CT molecular complexity index is 460. The molecule has 2 rings (SSSR count). The normalized spacial score (nSPS) is 10.9. The van der Waals surface area contributed by atoms with Gasteiger partial charge in [0.05, 0.1) is 11.9 Å². The van der Waals surface area contributed by atoms with Gasteiger partial charge >= 0.3 is 0 Å². The molecule has 0 aliphatic rings. The Labute approximate surface area is 88.2 Å². The SMILES string of the molecule is CC(C)c1nccnc1-c1cn(C)nn1. The van der Waals surface area contributed by atoms with Crippen LogP contribution in [0.25, 0.3) is 11.4 Å². The molecule has 0 atom stereocenters. The van der Waals surface area contributed by atoms with E-state index in [1.54, 1.807) is 17.1 Å². The summed E-state index contributed by atoms with van der Waals surface area (Å²) in [4.78, 5) is 8.63. The second-order valence-electron chi connectivity index (χ2n) is 3.72. The Morgan fingerprint density at radius 1 is 1.20 bits per heavy atom. The Morgan fingerprint density at radius 2 is 1.93 bits per heavy atom. The van der Waals surface area contributed by atoms with E-state index in [-0.39, 0.29) is 0 Å². The maximum Gasteiger partial charge on any atom is 0.133 e. The lowest BCUT2D eigenvalue weighted by Gasteiger charge is -2.06. The lowest BCUT2D eigenvalue weighted by atomic mass is 10.1. The van der Waals surface area contributed by atoms with E-state index < -0.39 is 0 Å². The zero-order valence-corrected chi connectivity index (χ0v) is 9.05. The van der Waals surface area contributed by atoms with Crippen molar-refractivity contribution in [3.63, 3.8) is 0 Å². The molecule has 2 aromatic heterocycles. The highest BCUT2D eigenvalue weighted by Crippen LogP contribution is 2.22. The Kier molecular flexibility index (Phi) is 2.45. The molecule has 78 valence electrons. The lowest BCUT2D eigenvalue weighted by molar-refractivity contribution is 0.715. The van der Waals surface area contributed by atoms with E-state index in [1.165, 1.54) is 0 Å². The molecule has 0 saturated heterocycles. The maximum absolute atomic E-state index is 4.32. The fraction of sp³-hybridized carbons (Fsp3) is 0.400. The molecule has 5 heteroatoms. The van der Waals surface area contributed by atoms with Gasteiger partial charge < -0.3 is 0 Å². The lowest BCUT2D eigenvalue weighted by Crippen LogP contribution is -1.98. The van der Waals surface area contributed by atoms with Crippen molar-refractivity contribution in [3.8, 4) is 11.4 Å². The molecule has 0 spiro atoms. The van der Waals surface area contributed by atoms with Crippen LogP contribution in [0.5, 0.6) is 0 Å². The van der Waals surface area contributed by atoms with Crippen LogP contribution in [-0.4, -0.2) is 25.0 Å². The summed E-state index contributed by atoms with van der Waals surface area (Å²) < 4.78 is 1.66. The van der Waals surface area contributed by atoms with Gasteiger partial charge in [0.2, 0.25) is 0 Å². The fourth-order valence-corrected chi connectivity index (χ4v) is 1.42. The van der Waals surface area contributed by atoms with Gasteiger partial charge in [0, 0.05) is 19.4 Å². The summed E-state index contributed by atoms with van der Waals surface area (Å²) in [6, 6.07) is 0. The minimum atomic E-state index is 0.329. The van der Waals surface area contributed by atoms with E-state index in [9.17, 15) is 0 Å². The summed E-state index contributed by atoms with van der Waals surface area (Å²) in [6.45, 7) is 4.17. The molecule has 0 unspecified atom stereocenters. The van der Waals surface area contributed by atoms with Gasteiger partial charge in [-0.1, -0.05) is 19.1 Å². The van der Waals surface area contributed by atoms with Crippen LogP contribution in [-0.2, 0) is 7.05 Å². The van der Waals surface area contributed by atoms with E-state index >= 15 is 0 Å². The number of aromatic nitrogens is 5. The smallest absolute Gasteiger partial charge is 0.133 e. The van der Waals surface area contributed by atoms with E-state index in [1.807, 2.05) is 13.2 Å². The van der Waals surface area contributed by atoms with Crippen molar-refractivity contribution < 1.29 is 0 Å². The van der Waals surface area contributed by atoms with Crippen molar-refractivity contribution in [1.82, 2.24) is 25.0 Å². The van der Waals surface area contributed by atoms with Crippen molar-refractivity contribution >= 4 is 0 Å². The van der Waals surface area contributed by atoms with Crippen molar-refractivity contribution in [2.45, 2.75) is 19.8 Å². The van der Waals surface area contributed by atoms with Crippen molar-refractivity contribution in [2.75, 3.05) is 0 Å².